The Kier molecular flexibility index (Phi) is 6.86. The van der Waals surface area contributed by atoms with Crippen LogP contribution in [0.15, 0.2) is 66.7 Å². The number of para-hydroxylation sites is 1. The van der Waals surface area contributed by atoms with Gasteiger partial charge in [-0.15, -0.1) is 11.3 Å². The van der Waals surface area contributed by atoms with Crippen LogP contribution in [0.5, 0.6) is 11.5 Å². The highest BCUT2D eigenvalue weighted by molar-refractivity contribution is 7.80. The van der Waals surface area contributed by atoms with Crippen LogP contribution in [0, 0.1) is 0 Å². The first-order valence-electron chi connectivity index (χ1n) is 10.5. The van der Waals surface area contributed by atoms with E-state index in [0.717, 1.165) is 16.6 Å². The monoisotopic (exact) mass is 477 g/mol. The van der Waals surface area contributed by atoms with Gasteiger partial charge in [-0.25, -0.2) is 4.98 Å². The topological polar surface area (TPSA) is 83.5 Å². The largest absolute Gasteiger partial charge is 0.507 e. The smallest absolute Gasteiger partial charge is 0.257 e. The van der Waals surface area contributed by atoms with E-state index in [-0.39, 0.29) is 22.9 Å². The molecule has 0 saturated carbocycles. The Hall–Kier alpha value is -3.49. The van der Waals surface area contributed by atoms with E-state index in [4.69, 9.17) is 17.0 Å². The molecule has 1 atom stereocenters. The number of carbonyl (C=O) groups excluding carboxylic acids is 1. The summed E-state index contributed by atoms with van der Waals surface area (Å²) in [7, 11) is 0. The fraction of sp³-hybridized carbons (Fsp3) is 0.160. The van der Waals surface area contributed by atoms with Gasteiger partial charge >= 0.3 is 0 Å². The van der Waals surface area contributed by atoms with Crippen molar-refractivity contribution in [2.75, 3.05) is 5.32 Å². The second kappa shape index (κ2) is 9.97. The lowest BCUT2D eigenvalue weighted by molar-refractivity contribution is 0.0977. The SMILES string of the molecule is CC[C@@H](C)Oc1ccc(C(=O)NC(=S)Nc2ccc(O)c(-c3nc4ccccc4s3)c2)cc1. The number of rotatable bonds is 6. The molecule has 1 aromatic heterocycles. The number of thiazole rings is 1. The van der Waals surface area contributed by atoms with Gasteiger partial charge in [-0.3, -0.25) is 10.1 Å². The molecule has 1 heterocycles. The fourth-order valence-electron chi connectivity index (χ4n) is 3.11. The Morgan fingerprint density at radius 3 is 2.64 bits per heavy atom. The second-order valence-corrected chi connectivity index (χ2v) is 8.93. The van der Waals surface area contributed by atoms with Crippen LogP contribution in [0.3, 0.4) is 0 Å². The number of aromatic nitrogens is 1. The summed E-state index contributed by atoms with van der Waals surface area (Å²) in [6.07, 6.45) is 1.01. The van der Waals surface area contributed by atoms with Gasteiger partial charge in [0.25, 0.3) is 5.91 Å². The van der Waals surface area contributed by atoms with Crippen LogP contribution in [-0.2, 0) is 0 Å². The van der Waals surface area contributed by atoms with Crippen molar-refractivity contribution in [3.8, 4) is 22.1 Å². The third kappa shape index (κ3) is 5.47. The van der Waals surface area contributed by atoms with Crippen LogP contribution < -0.4 is 15.4 Å². The molecule has 0 aliphatic heterocycles. The number of benzene rings is 3. The molecule has 0 unspecified atom stereocenters. The van der Waals surface area contributed by atoms with Gasteiger partial charge in [0.2, 0.25) is 0 Å². The summed E-state index contributed by atoms with van der Waals surface area (Å²) in [5.74, 6) is 0.509. The second-order valence-electron chi connectivity index (χ2n) is 7.49. The molecule has 6 nitrogen and oxygen atoms in total. The van der Waals surface area contributed by atoms with Crippen molar-refractivity contribution in [1.82, 2.24) is 10.3 Å². The van der Waals surface area contributed by atoms with Gasteiger partial charge in [-0.1, -0.05) is 19.1 Å². The number of hydrogen-bond donors (Lipinski definition) is 3. The molecule has 33 heavy (non-hydrogen) atoms. The number of thiocarbonyl (C=S) groups is 1. The minimum atomic E-state index is -0.326. The number of phenols is 1. The van der Waals surface area contributed by atoms with Gasteiger partial charge in [0.15, 0.2) is 5.11 Å². The Morgan fingerprint density at radius 1 is 1.15 bits per heavy atom. The number of ether oxygens (including phenoxy) is 1. The fourth-order valence-corrected chi connectivity index (χ4v) is 4.31. The number of phenolic OH excluding ortho intramolecular Hbond substituents is 1. The van der Waals surface area contributed by atoms with Crippen LogP contribution in [0.25, 0.3) is 20.8 Å². The number of amides is 1. The lowest BCUT2D eigenvalue weighted by atomic mass is 10.2. The molecule has 8 heteroatoms. The van der Waals surface area contributed by atoms with E-state index in [2.05, 4.69) is 22.5 Å². The summed E-state index contributed by atoms with van der Waals surface area (Å²) in [6, 6.07) is 19.7. The van der Waals surface area contributed by atoms with Gasteiger partial charge in [-0.2, -0.15) is 0 Å². The Labute approximate surface area is 201 Å². The van der Waals surface area contributed by atoms with Crippen molar-refractivity contribution in [2.24, 2.45) is 0 Å². The number of nitrogens with one attached hydrogen (secondary N) is 2. The van der Waals surface area contributed by atoms with Gasteiger partial charge in [0.1, 0.15) is 16.5 Å². The minimum Gasteiger partial charge on any atom is -0.507 e. The van der Waals surface area contributed by atoms with Crippen molar-refractivity contribution < 1.29 is 14.6 Å². The van der Waals surface area contributed by atoms with Crippen LogP contribution in [0.4, 0.5) is 5.69 Å². The lowest BCUT2D eigenvalue weighted by Crippen LogP contribution is -2.34. The zero-order valence-electron chi connectivity index (χ0n) is 18.2. The van der Waals surface area contributed by atoms with E-state index >= 15 is 0 Å². The quantitative estimate of drug-likeness (QED) is 0.234. The van der Waals surface area contributed by atoms with E-state index in [1.54, 1.807) is 42.5 Å². The van der Waals surface area contributed by atoms with Crippen molar-refractivity contribution in [1.29, 1.82) is 0 Å². The number of aromatic hydroxyl groups is 1. The number of anilines is 1. The third-order valence-electron chi connectivity index (χ3n) is 5.03. The summed E-state index contributed by atoms with van der Waals surface area (Å²) >= 11 is 6.81. The van der Waals surface area contributed by atoms with Crippen LogP contribution in [0.2, 0.25) is 0 Å². The maximum atomic E-state index is 12.5. The maximum absolute atomic E-state index is 12.5. The van der Waals surface area contributed by atoms with Crippen molar-refractivity contribution >= 4 is 50.5 Å². The van der Waals surface area contributed by atoms with E-state index in [1.165, 1.54) is 11.3 Å². The van der Waals surface area contributed by atoms with Crippen molar-refractivity contribution in [3.05, 3.63) is 72.3 Å². The van der Waals surface area contributed by atoms with E-state index in [9.17, 15) is 9.90 Å². The average molecular weight is 478 g/mol. The van der Waals surface area contributed by atoms with Crippen LogP contribution in [0.1, 0.15) is 30.6 Å². The summed E-state index contributed by atoms with van der Waals surface area (Å²) < 4.78 is 6.78. The van der Waals surface area contributed by atoms with Crippen molar-refractivity contribution in [2.45, 2.75) is 26.4 Å². The Bertz CT molecular complexity index is 1270. The number of fused-ring (bicyclic) bond motifs is 1. The molecule has 4 aromatic rings. The summed E-state index contributed by atoms with van der Waals surface area (Å²) in [5.41, 5.74) is 2.56. The van der Waals surface area contributed by atoms with Crippen molar-refractivity contribution in [3.63, 3.8) is 0 Å². The predicted molar refractivity (Wildman–Crippen MR) is 137 cm³/mol. The average Bonchev–Trinajstić information content (AvgIpc) is 3.24. The molecule has 0 fully saturated rings. The molecule has 0 spiro atoms. The zero-order valence-corrected chi connectivity index (χ0v) is 19.8. The molecule has 0 bridgehead atoms. The summed E-state index contributed by atoms with van der Waals surface area (Å²) in [6.45, 7) is 4.05. The molecule has 0 saturated heterocycles. The van der Waals surface area contributed by atoms with Crippen LogP contribution >= 0.6 is 23.6 Å². The molecule has 3 aromatic carbocycles. The molecule has 0 aliphatic carbocycles. The molecule has 0 aliphatic rings. The Balaban J connectivity index is 1.43. The van der Waals surface area contributed by atoms with E-state index < -0.39 is 0 Å². The molecule has 1 amide bonds. The normalized spacial score (nSPS) is 11.7. The standard InChI is InChI=1S/C25H23N3O3S2/c1-3-15(2)31-18-11-8-16(9-12-18)23(30)28-25(32)26-17-10-13-21(29)19(14-17)24-27-20-6-4-5-7-22(20)33-24/h4-15,29H,3H2,1-2H3,(H2,26,28,30,32)/t15-/m1/s1. The number of hydrogen-bond acceptors (Lipinski definition) is 6. The Morgan fingerprint density at radius 2 is 1.91 bits per heavy atom. The summed E-state index contributed by atoms with van der Waals surface area (Å²) in [4.78, 5) is 17.1. The predicted octanol–water partition coefficient (Wildman–Crippen LogP) is 5.97. The molecular formula is C25H23N3O3S2. The molecule has 4 rings (SSSR count). The minimum absolute atomic E-state index is 0.111. The first-order valence-corrected chi connectivity index (χ1v) is 11.7. The van der Waals surface area contributed by atoms with E-state index in [1.807, 2.05) is 31.2 Å². The molecule has 168 valence electrons. The molecule has 0 radical (unpaired) electrons. The zero-order chi connectivity index (χ0) is 23.4. The molecule has 3 N–H and O–H groups in total. The first-order chi connectivity index (χ1) is 15.9. The summed E-state index contributed by atoms with van der Waals surface area (Å²) in [5, 5.41) is 16.9. The molecular weight excluding hydrogens is 454 g/mol. The van der Waals surface area contributed by atoms with E-state index in [0.29, 0.717) is 27.6 Å². The number of nitrogens with zero attached hydrogens (tertiary/aromatic N) is 1. The van der Waals surface area contributed by atoms with Gasteiger partial charge < -0.3 is 15.2 Å². The first kappa shape index (κ1) is 22.7. The van der Waals surface area contributed by atoms with Gasteiger partial charge in [0.05, 0.1) is 21.9 Å². The highest BCUT2D eigenvalue weighted by atomic mass is 32.1. The third-order valence-corrected chi connectivity index (χ3v) is 6.31. The lowest BCUT2D eigenvalue weighted by Gasteiger charge is -2.13. The highest BCUT2D eigenvalue weighted by Gasteiger charge is 2.13. The maximum Gasteiger partial charge on any atom is 0.257 e. The number of carbonyl (C=O) groups is 1. The van der Waals surface area contributed by atoms with Crippen LogP contribution in [-0.4, -0.2) is 27.2 Å². The van der Waals surface area contributed by atoms with Gasteiger partial charge in [0, 0.05) is 11.3 Å². The van der Waals surface area contributed by atoms with Gasteiger partial charge in [-0.05, 0) is 80.2 Å². The highest BCUT2D eigenvalue weighted by Crippen LogP contribution is 2.36.